The van der Waals surface area contributed by atoms with Crippen LogP contribution in [0.3, 0.4) is 0 Å². The maximum absolute atomic E-state index is 11.8. The largest absolute Gasteiger partial charge is 0.459 e. The highest BCUT2D eigenvalue weighted by molar-refractivity contribution is 5.69. The molecule has 0 amide bonds. The van der Waals surface area contributed by atoms with Crippen LogP contribution in [-0.2, 0) is 22.7 Å². The summed E-state index contributed by atoms with van der Waals surface area (Å²) in [6.07, 6.45) is 1.35. The van der Waals surface area contributed by atoms with E-state index in [1.807, 2.05) is 54.6 Å². The van der Waals surface area contributed by atoms with Crippen molar-refractivity contribution in [3.8, 4) is 11.5 Å². The van der Waals surface area contributed by atoms with Crippen molar-refractivity contribution in [2.75, 3.05) is 0 Å². The Morgan fingerprint density at radius 3 is 2.61 bits per heavy atom. The lowest BCUT2D eigenvalue weighted by Gasteiger charge is -2.11. The first-order valence-electron chi connectivity index (χ1n) is 6.98. The summed E-state index contributed by atoms with van der Waals surface area (Å²) in [4.78, 5) is 11.8. The van der Waals surface area contributed by atoms with Crippen LogP contribution in [0.2, 0.25) is 0 Å². The Kier molecular flexibility index (Phi) is 4.58. The molecule has 7 nitrogen and oxygen atoms in total. The number of para-hydroxylation sites is 2. The molecule has 0 unspecified atom stereocenters. The van der Waals surface area contributed by atoms with Crippen molar-refractivity contribution in [3.63, 3.8) is 0 Å². The molecule has 0 spiro atoms. The highest BCUT2D eigenvalue weighted by atomic mass is 16.5. The van der Waals surface area contributed by atoms with Crippen LogP contribution >= 0.6 is 0 Å². The second kappa shape index (κ2) is 7.17. The van der Waals surface area contributed by atoms with E-state index in [-0.39, 0.29) is 13.2 Å². The van der Waals surface area contributed by atoms with Gasteiger partial charge in [0, 0.05) is 5.56 Å². The lowest BCUT2D eigenvalue weighted by Crippen LogP contribution is -2.14. The first-order chi connectivity index (χ1) is 11.3. The van der Waals surface area contributed by atoms with Gasteiger partial charge in [-0.1, -0.05) is 36.4 Å². The van der Waals surface area contributed by atoms with Crippen molar-refractivity contribution in [1.29, 1.82) is 0 Å². The van der Waals surface area contributed by atoms with Crippen LogP contribution in [0.15, 0.2) is 60.9 Å². The number of tetrazole rings is 1. The van der Waals surface area contributed by atoms with E-state index in [1.54, 1.807) is 0 Å². The van der Waals surface area contributed by atoms with Crippen molar-refractivity contribution in [2.45, 2.75) is 13.2 Å². The number of esters is 1. The zero-order valence-electron chi connectivity index (χ0n) is 12.2. The van der Waals surface area contributed by atoms with Crippen LogP contribution < -0.4 is 4.74 Å². The normalized spacial score (nSPS) is 10.3. The smallest absolute Gasteiger partial charge is 0.328 e. The number of carbonyl (C=O) groups excluding carboxylic acids is 1. The third-order valence-electron chi connectivity index (χ3n) is 3.01. The Bertz CT molecular complexity index is 760. The Hall–Kier alpha value is -3.22. The van der Waals surface area contributed by atoms with Crippen molar-refractivity contribution < 1.29 is 14.3 Å². The number of hydrogen-bond acceptors (Lipinski definition) is 6. The number of nitrogens with zero attached hydrogens (tertiary/aromatic N) is 4. The highest BCUT2D eigenvalue weighted by Gasteiger charge is 2.09. The van der Waals surface area contributed by atoms with E-state index in [2.05, 4.69) is 15.5 Å². The van der Waals surface area contributed by atoms with Gasteiger partial charge in [0.05, 0.1) is 0 Å². The van der Waals surface area contributed by atoms with Crippen LogP contribution in [0.25, 0.3) is 0 Å². The standard InChI is InChI=1S/C16H14N4O3/c21-16(10-20-12-17-18-19-20)22-11-13-6-4-5-9-15(13)23-14-7-2-1-3-8-14/h1-9,12H,10-11H2. The minimum absolute atomic E-state index is 0.0330. The fraction of sp³-hybridized carbons (Fsp3) is 0.125. The van der Waals surface area contributed by atoms with Crippen LogP contribution in [0.4, 0.5) is 0 Å². The van der Waals surface area contributed by atoms with Gasteiger partial charge in [-0.25, -0.2) is 4.68 Å². The quantitative estimate of drug-likeness (QED) is 0.649. The van der Waals surface area contributed by atoms with Gasteiger partial charge in [0.2, 0.25) is 0 Å². The third-order valence-corrected chi connectivity index (χ3v) is 3.01. The molecule has 0 atom stereocenters. The van der Waals surface area contributed by atoms with Gasteiger partial charge < -0.3 is 9.47 Å². The van der Waals surface area contributed by atoms with Crippen molar-refractivity contribution >= 4 is 5.97 Å². The number of hydrogen-bond donors (Lipinski definition) is 0. The molecule has 0 aliphatic carbocycles. The average molecular weight is 310 g/mol. The molecule has 0 saturated heterocycles. The molecule has 116 valence electrons. The van der Waals surface area contributed by atoms with Gasteiger partial charge in [-0.05, 0) is 28.6 Å². The maximum Gasteiger partial charge on any atom is 0.328 e. The Morgan fingerprint density at radius 2 is 1.83 bits per heavy atom. The zero-order valence-corrected chi connectivity index (χ0v) is 12.2. The van der Waals surface area contributed by atoms with E-state index in [9.17, 15) is 4.79 Å². The van der Waals surface area contributed by atoms with Crippen LogP contribution in [0.5, 0.6) is 11.5 Å². The molecule has 1 heterocycles. The minimum atomic E-state index is -0.424. The van der Waals surface area contributed by atoms with Gasteiger partial charge in [-0.2, -0.15) is 0 Å². The Balaban J connectivity index is 1.62. The second-order valence-electron chi connectivity index (χ2n) is 4.69. The SMILES string of the molecule is O=C(Cn1cnnn1)OCc1ccccc1Oc1ccccc1. The van der Waals surface area contributed by atoms with Crippen molar-refractivity contribution in [3.05, 3.63) is 66.5 Å². The number of carbonyl (C=O) groups is 1. The van der Waals surface area contributed by atoms with Gasteiger partial charge in [-0.15, -0.1) is 5.10 Å². The van der Waals surface area contributed by atoms with E-state index in [1.165, 1.54) is 11.0 Å². The number of ether oxygens (including phenoxy) is 2. The lowest BCUT2D eigenvalue weighted by molar-refractivity contribution is -0.145. The first-order valence-corrected chi connectivity index (χ1v) is 6.98. The Labute approximate surface area is 132 Å². The molecule has 0 fully saturated rings. The summed E-state index contributed by atoms with van der Waals surface area (Å²) in [7, 11) is 0. The van der Waals surface area contributed by atoms with Crippen LogP contribution in [0, 0.1) is 0 Å². The van der Waals surface area contributed by atoms with Crippen LogP contribution in [0.1, 0.15) is 5.56 Å². The van der Waals surface area contributed by atoms with Gasteiger partial charge in [0.15, 0.2) is 0 Å². The number of rotatable bonds is 6. The molecule has 1 aromatic heterocycles. The molecular formula is C16H14N4O3. The molecular weight excluding hydrogens is 296 g/mol. The highest BCUT2D eigenvalue weighted by Crippen LogP contribution is 2.25. The predicted octanol–water partition coefficient (Wildman–Crippen LogP) is 2.21. The van der Waals surface area contributed by atoms with Gasteiger partial charge >= 0.3 is 5.97 Å². The molecule has 0 bridgehead atoms. The lowest BCUT2D eigenvalue weighted by atomic mass is 10.2. The fourth-order valence-corrected chi connectivity index (χ4v) is 1.93. The molecule has 0 N–H and O–H groups in total. The molecule has 23 heavy (non-hydrogen) atoms. The van der Waals surface area contributed by atoms with Crippen molar-refractivity contribution in [1.82, 2.24) is 20.2 Å². The number of benzene rings is 2. The Morgan fingerprint density at radius 1 is 1.04 bits per heavy atom. The van der Waals surface area contributed by atoms with Gasteiger partial charge in [0.25, 0.3) is 0 Å². The molecule has 3 rings (SSSR count). The summed E-state index contributed by atoms with van der Waals surface area (Å²) in [6.45, 7) is 0.0820. The van der Waals surface area contributed by atoms with Gasteiger partial charge in [0.1, 0.15) is 31.0 Å². The summed E-state index contributed by atoms with van der Waals surface area (Å²) in [5, 5.41) is 10.5. The minimum Gasteiger partial charge on any atom is -0.459 e. The summed E-state index contributed by atoms with van der Waals surface area (Å²) in [5.74, 6) is 0.945. The van der Waals surface area contributed by atoms with E-state index in [0.717, 1.165) is 11.3 Å². The first kappa shape index (κ1) is 14.7. The summed E-state index contributed by atoms with van der Waals surface area (Å²) < 4.78 is 12.4. The fourth-order valence-electron chi connectivity index (χ4n) is 1.93. The van der Waals surface area contributed by atoms with Crippen LogP contribution in [-0.4, -0.2) is 26.2 Å². The molecule has 0 aliphatic rings. The monoisotopic (exact) mass is 310 g/mol. The molecule has 2 aromatic carbocycles. The summed E-state index contributed by atoms with van der Waals surface area (Å²) in [5.41, 5.74) is 0.779. The van der Waals surface area contributed by atoms with E-state index >= 15 is 0 Å². The molecule has 7 heteroatoms. The van der Waals surface area contributed by atoms with E-state index in [0.29, 0.717) is 5.75 Å². The van der Waals surface area contributed by atoms with E-state index in [4.69, 9.17) is 9.47 Å². The average Bonchev–Trinajstić information content (AvgIpc) is 3.08. The maximum atomic E-state index is 11.8. The van der Waals surface area contributed by atoms with E-state index < -0.39 is 5.97 Å². The number of aromatic nitrogens is 4. The predicted molar refractivity (Wildman–Crippen MR) is 80.6 cm³/mol. The molecule has 0 radical (unpaired) electrons. The molecule has 0 saturated carbocycles. The summed E-state index contributed by atoms with van der Waals surface area (Å²) in [6, 6.07) is 16.8. The molecule has 3 aromatic rings. The topological polar surface area (TPSA) is 79.1 Å². The summed E-state index contributed by atoms with van der Waals surface area (Å²) >= 11 is 0. The second-order valence-corrected chi connectivity index (χ2v) is 4.69. The molecule has 0 aliphatic heterocycles. The van der Waals surface area contributed by atoms with Gasteiger partial charge in [-0.3, -0.25) is 4.79 Å². The van der Waals surface area contributed by atoms with Crippen molar-refractivity contribution in [2.24, 2.45) is 0 Å². The third kappa shape index (κ3) is 4.13. The zero-order chi connectivity index (χ0) is 15.9.